The van der Waals surface area contributed by atoms with Gasteiger partial charge in [0.25, 0.3) is 0 Å². The van der Waals surface area contributed by atoms with Gasteiger partial charge in [0.15, 0.2) is 11.5 Å². The first-order valence-corrected chi connectivity index (χ1v) is 7.54. The highest BCUT2D eigenvalue weighted by Crippen LogP contribution is 2.35. The molecule has 0 atom stereocenters. The van der Waals surface area contributed by atoms with Crippen LogP contribution in [0.1, 0.15) is 15.9 Å². The summed E-state index contributed by atoms with van der Waals surface area (Å²) in [5.74, 6) is -1.43. The maximum Gasteiger partial charge on any atom is 0.341 e. The van der Waals surface area contributed by atoms with Crippen molar-refractivity contribution in [2.45, 2.75) is 6.61 Å². The SMILES string of the molecule is O=C(OCc1cc2c(cc1Br)OCCO2)c1ccc(F)cc1F. The maximum absolute atomic E-state index is 13.5. The van der Waals surface area contributed by atoms with Crippen molar-refractivity contribution in [3.8, 4) is 11.5 Å². The molecule has 0 N–H and O–H groups in total. The molecule has 0 aliphatic carbocycles. The Hall–Kier alpha value is -2.15. The lowest BCUT2D eigenvalue weighted by atomic mass is 10.2. The zero-order valence-corrected chi connectivity index (χ0v) is 13.4. The van der Waals surface area contributed by atoms with Crippen molar-refractivity contribution >= 4 is 21.9 Å². The minimum Gasteiger partial charge on any atom is -0.486 e. The Kier molecular flexibility index (Phi) is 4.47. The summed E-state index contributed by atoms with van der Waals surface area (Å²) in [6, 6.07) is 6.09. The number of carbonyl (C=O) groups is 1. The van der Waals surface area contributed by atoms with E-state index in [1.807, 2.05) is 0 Å². The number of esters is 1. The fourth-order valence-electron chi connectivity index (χ4n) is 2.09. The van der Waals surface area contributed by atoms with Crippen molar-refractivity contribution in [2.24, 2.45) is 0 Å². The number of halogens is 3. The largest absolute Gasteiger partial charge is 0.486 e. The smallest absolute Gasteiger partial charge is 0.341 e. The van der Waals surface area contributed by atoms with Gasteiger partial charge in [-0.15, -0.1) is 0 Å². The van der Waals surface area contributed by atoms with Crippen LogP contribution in [0.2, 0.25) is 0 Å². The number of carbonyl (C=O) groups excluding carboxylic acids is 1. The molecule has 0 amide bonds. The predicted molar refractivity (Wildman–Crippen MR) is 80.6 cm³/mol. The maximum atomic E-state index is 13.5. The monoisotopic (exact) mass is 384 g/mol. The fraction of sp³-hybridized carbons (Fsp3) is 0.188. The molecule has 0 fully saturated rings. The summed E-state index contributed by atoms with van der Waals surface area (Å²) < 4.78 is 43.0. The third-order valence-corrected chi connectivity index (χ3v) is 3.96. The molecule has 1 heterocycles. The summed E-state index contributed by atoms with van der Waals surface area (Å²) in [6.07, 6.45) is 0. The van der Waals surface area contributed by atoms with E-state index in [0.717, 1.165) is 12.1 Å². The summed E-state index contributed by atoms with van der Waals surface area (Å²) in [6.45, 7) is 0.819. The number of benzene rings is 2. The molecule has 2 aromatic carbocycles. The van der Waals surface area contributed by atoms with Crippen molar-refractivity contribution in [3.05, 3.63) is 57.6 Å². The summed E-state index contributed by atoms with van der Waals surface area (Å²) in [7, 11) is 0. The van der Waals surface area contributed by atoms with Crippen LogP contribution in [-0.2, 0) is 11.3 Å². The number of rotatable bonds is 3. The number of hydrogen-bond donors (Lipinski definition) is 0. The van der Waals surface area contributed by atoms with Crippen LogP contribution in [-0.4, -0.2) is 19.2 Å². The van der Waals surface area contributed by atoms with Gasteiger partial charge in [0, 0.05) is 16.1 Å². The standard InChI is InChI=1S/C16H11BrF2O4/c17-12-7-15-14(21-3-4-22-15)5-9(12)8-23-16(20)11-2-1-10(18)6-13(11)19/h1-2,5-7H,3-4,8H2. The second-order valence-electron chi connectivity index (χ2n) is 4.79. The van der Waals surface area contributed by atoms with Gasteiger partial charge in [-0.05, 0) is 24.3 Å². The molecule has 0 saturated carbocycles. The van der Waals surface area contributed by atoms with Crippen LogP contribution < -0.4 is 9.47 Å². The van der Waals surface area contributed by atoms with E-state index in [1.165, 1.54) is 0 Å². The van der Waals surface area contributed by atoms with E-state index < -0.39 is 17.6 Å². The van der Waals surface area contributed by atoms with Crippen LogP contribution in [0.5, 0.6) is 11.5 Å². The van der Waals surface area contributed by atoms with Crippen molar-refractivity contribution < 1.29 is 27.8 Å². The third-order valence-electron chi connectivity index (χ3n) is 3.22. The van der Waals surface area contributed by atoms with Crippen molar-refractivity contribution in [1.82, 2.24) is 0 Å². The number of fused-ring (bicyclic) bond motifs is 1. The lowest BCUT2D eigenvalue weighted by molar-refractivity contribution is 0.0465. The van der Waals surface area contributed by atoms with E-state index in [9.17, 15) is 13.6 Å². The highest BCUT2D eigenvalue weighted by atomic mass is 79.9. The summed E-state index contributed by atoms with van der Waals surface area (Å²) in [5, 5.41) is 0. The van der Waals surface area contributed by atoms with Gasteiger partial charge < -0.3 is 14.2 Å². The molecule has 3 rings (SSSR count). The zero-order chi connectivity index (χ0) is 16.4. The van der Waals surface area contributed by atoms with Gasteiger partial charge in [0.1, 0.15) is 31.5 Å². The van der Waals surface area contributed by atoms with Gasteiger partial charge >= 0.3 is 5.97 Å². The van der Waals surface area contributed by atoms with E-state index >= 15 is 0 Å². The Bertz CT molecular complexity index is 764. The molecule has 0 radical (unpaired) electrons. The van der Waals surface area contributed by atoms with E-state index in [-0.39, 0.29) is 12.2 Å². The van der Waals surface area contributed by atoms with Gasteiger partial charge in [-0.2, -0.15) is 0 Å². The molecular formula is C16H11BrF2O4. The van der Waals surface area contributed by atoms with Crippen molar-refractivity contribution in [3.63, 3.8) is 0 Å². The summed E-state index contributed by atoms with van der Waals surface area (Å²) in [4.78, 5) is 11.9. The first-order valence-electron chi connectivity index (χ1n) is 6.75. The Labute approximate surface area is 139 Å². The van der Waals surface area contributed by atoms with Crippen molar-refractivity contribution in [2.75, 3.05) is 13.2 Å². The summed E-state index contributed by atoms with van der Waals surface area (Å²) in [5.41, 5.74) is 0.324. The molecule has 0 saturated heterocycles. The number of ether oxygens (including phenoxy) is 3. The topological polar surface area (TPSA) is 44.8 Å². The van der Waals surface area contributed by atoms with E-state index in [4.69, 9.17) is 14.2 Å². The van der Waals surface area contributed by atoms with Crippen LogP contribution in [0.15, 0.2) is 34.8 Å². The highest BCUT2D eigenvalue weighted by molar-refractivity contribution is 9.10. The van der Waals surface area contributed by atoms with E-state index in [1.54, 1.807) is 12.1 Å². The van der Waals surface area contributed by atoms with Crippen LogP contribution in [0, 0.1) is 11.6 Å². The van der Waals surface area contributed by atoms with Gasteiger partial charge in [0.2, 0.25) is 0 Å². The lowest BCUT2D eigenvalue weighted by Gasteiger charge is -2.19. The molecule has 23 heavy (non-hydrogen) atoms. The fourth-order valence-corrected chi connectivity index (χ4v) is 2.53. The van der Waals surface area contributed by atoms with E-state index in [2.05, 4.69) is 15.9 Å². The molecular weight excluding hydrogens is 374 g/mol. The first-order chi connectivity index (χ1) is 11.0. The van der Waals surface area contributed by atoms with Crippen molar-refractivity contribution in [1.29, 1.82) is 0 Å². The second kappa shape index (κ2) is 6.54. The zero-order valence-electron chi connectivity index (χ0n) is 11.8. The average molecular weight is 385 g/mol. The molecule has 0 unspecified atom stereocenters. The quantitative estimate of drug-likeness (QED) is 0.753. The lowest BCUT2D eigenvalue weighted by Crippen LogP contribution is -2.16. The molecule has 0 spiro atoms. The van der Waals surface area contributed by atoms with Crippen LogP contribution in [0.4, 0.5) is 8.78 Å². The van der Waals surface area contributed by atoms with E-state index in [0.29, 0.717) is 40.8 Å². The summed E-state index contributed by atoms with van der Waals surface area (Å²) >= 11 is 3.36. The molecule has 7 heteroatoms. The van der Waals surface area contributed by atoms with Gasteiger partial charge in [-0.1, -0.05) is 15.9 Å². The Balaban J connectivity index is 1.74. The molecule has 1 aliphatic rings. The van der Waals surface area contributed by atoms with Gasteiger partial charge in [-0.25, -0.2) is 13.6 Å². The molecule has 0 aromatic heterocycles. The Morgan fingerprint density at radius 2 is 1.83 bits per heavy atom. The Morgan fingerprint density at radius 1 is 1.13 bits per heavy atom. The van der Waals surface area contributed by atoms with Crippen LogP contribution in [0.25, 0.3) is 0 Å². The second-order valence-corrected chi connectivity index (χ2v) is 5.64. The average Bonchev–Trinajstić information content (AvgIpc) is 2.52. The molecule has 2 aromatic rings. The first kappa shape index (κ1) is 15.7. The minimum absolute atomic E-state index is 0.0904. The highest BCUT2D eigenvalue weighted by Gasteiger charge is 2.18. The van der Waals surface area contributed by atoms with Crippen LogP contribution >= 0.6 is 15.9 Å². The van der Waals surface area contributed by atoms with Crippen LogP contribution in [0.3, 0.4) is 0 Å². The predicted octanol–water partition coefficient (Wildman–Crippen LogP) is 3.86. The third kappa shape index (κ3) is 3.44. The molecule has 4 nitrogen and oxygen atoms in total. The normalized spacial score (nSPS) is 12.8. The van der Waals surface area contributed by atoms with Gasteiger partial charge in [-0.3, -0.25) is 0 Å². The molecule has 120 valence electrons. The number of hydrogen-bond acceptors (Lipinski definition) is 4. The van der Waals surface area contributed by atoms with Gasteiger partial charge in [0.05, 0.1) is 5.56 Å². The minimum atomic E-state index is -0.962. The Morgan fingerprint density at radius 3 is 2.52 bits per heavy atom. The molecule has 1 aliphatic heterocycles. The molecule has 0 bridgehead atoms.